The number of hydrogen-bond acceptors (Lipinski definition) is 4. The normalized spacial score (nSPS) is 11.6. The lowest BCUT2D eigenvalue weighted by Gasteiger charge is -2.09. The summed E-state index contributed by atoms with van der Waals surface area (Å²) >= 11 is 0. The molecule has 0 saturated carbocycles. The first-order valence-electron chi connectivity index (χ1n) is 6.44. The number of nitrogens with one attached hydrogen (secondary N) is 1. The van der Waals surface area contributed by atoms with Crippen molar-refractivity contribution in [3.05, 3.63) is 63.3 Å². The molecule has 0 aliphatic heterocycles. The summed E-state index contributed by atoms with van der Waals surface area (Å²) in [5.74, 6) is -0.0651. The average Bonchev–Trinajstić information content (AvgIpc) is 2.53. The second-order valence-corrected chi connectivity index (χ2v) is 4.76. The van der Waals surface area contributed by atoms with Crippen molar-refractivity contribution in [1.29, 1.82) is 0 Å². The van der Waals surface area contributed by atoms with Crippen molar-refractivity contribution in [2.45, 2.75) is 6.18 Å². The summed E-state index contributed by atoms with van der Waals surface area (Å²) in [6.07, 6.45) is -4.51. The predicted molar refractivity (Wildman–Crippen MR) is 78.3 cm³/mol. The predicted octanol–water partition coefficient (Wildman–Crippen LogP) is 4.01. The van der Waals surface area contributed by atoms with Crippen molar-refractivity contribution in [2.24, 2.45) is 5.18 Å². The Bertz CT molecular complexity index is 964. The van der Waals surface area contributed by atoms with Gasteiger partial charge in [-0.2, -0.15) is 13.2 Å². The maximum atomic E-state index is 12.8. The zero-order valence-corrected chi connectivity index (χ0v) is 11.4. The number of fused-ring (bicyclic) bond motifs is 1. The number of hydrogen-bond donors (Lipinski definition) is 1. The van der Waals surface area contributed by atoms with Gasteiger partial charge in [-0.1, -0.05) is 18.2 Å². The van der Waals surface area contributed by atoms with Crippen LogP contribution in [0, 0.1) is 4.91 Å². The molecule has 0 saturated heterocycles. The van der Waals surface area contributed by atoms with Crippen LogP contribution in [0.2, 0.25) is 0 Å². The highest BCUT2D eigenvalue weighted by Crippen LogP contribution is 2.31. The lowest BCUT2D eigenvalue weighted by atomic mass is 10.1. The summed E-state index contributed by atoms with van der Waals surface area (Å²) in [6.45, 7) is 0. The Morgan fingerprint density at radius 3 is 2.52 bits per heavy atom. The van der Waals surface area contributed by atoms with Crippen LogP contribution in [0.3, 0.4) is 0 Å². The Morgan fingerprint density at radius 1 is 1.09 bits per heavy atom. The monoisotopic (exact) mass is 319 g/mol. The Morgan fingerprint density at radius 2 is 1.83 bits per heavy atom. The van der Waals surface area contributed by atoms with Crippen molar-refractivity contribution >= 4 is 16.6 Å². The fraction of sp³-hybridized carbons (Fsp3) is 0.0667. The molecule has 0 atom stereocenters. The van der Waals surface area contributed by atoms with Gasteiger partial charge >= 0.3 is 6.18 Å². The molecule has 8 heteroatoms. The minimum Gasteiger partial charge on any atom is -0.306 e. The lowest BCUT2D eigenvalue weighted by molar-refractivity contribution is -0.137. The van der Waals surface area contributed by atoms with E-state index in [1.54, 1.807) is 0 Å². The molecular formula is C15H8F3N3O2. The van der Waals surface area contributed by atoms with E-state index in [-0.39, 0.29) is 28.0 Å². The highest BCUT2D eigenvalue weighted by molar-refractivity contribution is 5.89. The molecule has 0 radical (unpaired) electrons. The number of alkyl halides is 3. The molecule has 0 spiro atoms. The summed E-state index contributed by atoms with van der Waals surface area (Å²) < 4.78 is 38.4. The van der Waals surface area contributed by atoms with Crippen LogP contribution >= 0.6 is 0 Å². The quantitative estimate of drug-likeness (QED) is 0.725. The third kappa shape index (κ3) is 2.70. The van der Waals surface area contributed by atoms with Crippen LogP contribution in [0.4, 0.5) is 18.9 Å². The minimum absolute atomic E-state index is 0.0404. The average molecular weight is 319 g/mol. The van der Waals surface area contributed by atoms with Crippen molar-refractivity contribution in [1.82, 2.24) is 9.97 Å². The van der Waals surface area contributed by atoms with Crippen LogP contribution in [-0.4, -0.2) is 9.97 Å². The van der Waals surface area contributed by atoms with Crippen LogP contribution < -0.4 is 5.56 Å². The fourth-order valence-electron chi connectivity index (χ4n) is 2.20. The molecule has 0 aliphatic rings. The molecule has 23 heavy (non-hydrogen) atoms. The van der Waals surface area contributed by atoms with E-state index in [0.29, 0.717) is 0 Å². The summed E-state index contributed by atoms with van der Waals surface area (Å²) in [4.78, 5) is 29.4. The van der Waals surface area contributed by atoms with Gasteiger partial charge in [-0.3, -0.25) is 4.79 Å². The SMILES string of the molecule is O=Nc1cccc2c(=O)[nH]c(-c3cccc(C(F)(F)F)c3)nc12. The molecular weight excluding hydrogens is 311 g/mol. The Hall–Kier alpha value is -3.03. The van der Waals surface area contributed by atoms with E-state index in [0.717, 1.165) is 12.1 Å². The Labute approximate surface area is 126 Å². The second-order valence-electron chi connectivity index (χ2n) is 4.76. The molecule has 3 rings (SSSR count). The second kappa shape index (κ2) is 5.31. The van der Waals surface area contributed by atoms with Gasteiger partial charge in [0.05, 0.1) is 10.9 Å². The molecule has 1 aromatic heterocycles. The summed E-state index contributed by atoms with van der Waals surface area (Å²) in [5, 5.41) is 2.92. The van der Waals surface area contributed by atoms with Gasteiger partial charge in [0.1, 0.15) is 17.0 Å². The number of nitroso groups, excluding NO2 is 1. The molecule has 0 bridgehead atoms. The number of halogens is 3. The number of rotatable bonds is 2. The zero-order valence-electron chi connectivity index (χ0n) is 11.4. The van der Waals surface area contributed by atoms with Crippen molar-refractivity contribution in [2.75, 3.05) is 0 Å². The molecule has 5 nitrogen and oxygen atoms in total. The van der Waals surface area contributed by atoms with Gasteiger partial charge in [-0.25, -0.2) is 4.98 Å². The fourth-order valence-corrected chi connectivity index (χ4v) is 2.20. The van der Waals surface area contributed by atoms with Crippen LogP contribution in [-0.2, 0) is 6.18 Å². The van der Waals surface area contributed by atoms with E-state index in [1.165, 1.54) is 30.3 Å². The van der Waals surface area contributed by atoms with E-state index in [2.05, 4.69) is 15.1 Å². The minimum atomic E-state index is -4.51. The molecule has 0 fully saturated rings. The molecule has 0 aliphatic carbocycles. The molecule has 2 aromatic carbocycles. The maximum absolute atomic E-state index is 12.8. The summed E-state index contributed by atoms with van der Waals surface area (Å²) in [6, 6.07) is 8.69. The molecule has 1 N–H and O–H groups in total. The van der Waals surface area contributed by atoms with Crippen molar-refractivity contribution < 1.29 is 13.2 Å². The Kier molecular flexibility index (Phi) is 3.44. The van der Waals surface area contributed by atoms with Gasteiger partial charge in [0, 0.05) is 5.56 Å². The molecule has 1 heterocycles. The molecule has 0 amide bonds. The largest absolute Gasteiger partial charge is 0.416 e. The van der Waals surface area contributed by atoms with Gasteiger partial charge in [0.25, 0.3) is 5.56 Å². The van der Waals surface area contributed by atoms with Crippen LogP contribution in [0.5, 0.6) is 0 Å². The number of nitrogens with zero attached hydrogens (tertiary/aromatic N) is 2. The van der Waals surface area contributed by atoms with Crippen LogP contribution in [0.15, 0.2) is 52.4 Å². The van der Waals surface area contributed by atoms with Crippen molar-refractivity contribution in [3.63, 3.8) is 0 Å². The van der Waals surface area contributed by atoms with E-state index < -0.39 is 17.3 Å². The Balaban J connectivity index is 2.25. The molecule has 3 aromatic rings. The highest BCUT2D eigenvalue weighted by atomic mass is 19.4. The van der Waals surface area contributed by atoms with Gasteiger partial charge in [0.2, 0.25) is 0 Å². The topological polar surface area (TPSA) is 75.2 Å². The van der Waals surface area contributed by atoms with Gasteiger partial charge in [-0.15, -0.1) is 4.91 Å². The maximum Gasteiger partial charge on any atom is 0.416 e. The van der Waals surface area contributed by atoms with Gasteiger partial charge < -0.3 is 4.98 Å². The summed E-state index contributed by atoms with van der Waals surface area (Å²) in [7, 11) is 0. The first-order chi connectivity index (χ1) is 10.9. The van der Waals surface area contributed by atoms with E-state index in [9.17, 15) is 22.9 Å². The number of para-hydroxylation sites is 1. The van der Waals surface area contributed by atoms with Gasteiger partial charge in [-0.05, 0) is 29.4 Å². The first-order valence-corrected chi connectivity index (χ1v) is 6.44. The molecule has 116 valence electrons. The first kappa shape index (κ1) is 14.9. The lowest BCUT2D eigenvalue weighted by Crippen LogP contribution is -2.10. The standard InChI is InChI=1S/C15H8F3N3O2/c16-15(17,18)9-4-1-3-8(7-9)13-19-12-10(14(22)20-13)5-2-6-11(12)21-23/h1-7H,(H,19,20,22). The smallest absolute Gasteiger partial charge is 0.306 e. The number of aromatic nitrogens is 2. The van der Waals surface area contributed by atoms with E-state index in [4.69, 9.17) is 0 Å². The van der Waals surface area contributed by atoms with Crippen LogP contribution in [0.1, 0.15) is 5.56 Å². The van der Waals surface area contributed by atoms with E-state index >= 15 is 0 Å². The third-order valence-electron chi connectivity index (χ3n) is 3.28. The van der Waals surface area contributed by atoms with Crippen LogP contribution in [0.25, 0.3) is 22.3 Å². The molecule has 0 unspecified atom stereocenters. The number of aromatic amines is 1. The number of H-pyrrole nitrogens is 1. The zero-order chi connectivity index (χ0) is 16.6. The number of benzene rings is 2. The van der Waals surface area contributed by atoms with Gasteiger partial charge in [0.15, 0.2) is 0 Å². The van der Waals surface area contributed by atoms with E-state index in [1.807, 2.05) is 0 Å². The highest BCUT2D eigenvalue weighted by Gasteiger charge is 2.30. The third-order valence-corrected chi connectivity index (χ3v) is 3.28. The summed E-state index contributed by atoms with van der Waals surface area (Å²) in [5.41, 5.74) is -1.35. The van der Waals surface area contributed by atoms with Crippen molar-refractivity contribution in [3.8, 4) is 11.4 Å².